The Bertz CT molecular complexity index is 777. The molecular weight excluding hydrogens is 326 g/mol. The number of esters is 1. The lowest BCUT2D eigenvalue weighted by atomic mass is 10.2. The summed E-state index contributed by atoms with van der Waals surface area (Å²) in [4.78, 5) is 35.3. The number of amides is 3. The Labute approximate surface area is 145 Å². The number of carbonyl (C=O) groups excluding carboxylic acids is 3. The second kappa shape index (κ2) is 7.69. The van der Waals surface area contributed by atoms with Crippen molar-refractivity contribution in [2.75, 3.05) is 7.05 Å². The van der Waals surface area contributed by atoms with Crippen LogP contribution in [0.15, 0.2) is 28.9 Å². The van der Waals surface area contributed by atoms with Crippen LogP contribution in [0.25, 0.3) is 0 Å². The molecule has 0 spiro atoms. The van der Waals surface area contributed by atoms with Gasteiger partial charge in [-0.05, 0) is 39.0 Å². The van der Waals surface area contributed by atoms with Gasteiger partial charge in [-0.25, -0.2) is 9.59 Å². The summed E-state index contributed by atoms with van der Waals surface area (Å²) in [7, 11) is 1.38. The fraction of sp³-hybridized carbons (Fsp3) is 0.353. The van der Waals surface area contributed by atoms with Crippen molar-refractivity contribution in [1.29, 1.82) is 0 Å². The van der Waals surface area contributed by atoms with Crippen LogP contribution in [-0.2, 0) is 16.1 Å². The number of hydrogen-bond acceptors (Lipinski definition) is 5. The summed E-state index contributed by atoms with van der Waals surface area (Å²) in [6.07, 6.45) is 0.490. The zero-order chi connectivity index (χ0) is 18.6. The molecule has 0 bridgehead atoms. The highest BCUT2D eigenvalue weighted by atomic mass is 16.5. The van der Waals surface area contributed by atoms with Gasteiger partial charge in [-0.3, -0.25) is 10.1 Å². The molecule has 2 aromatic rings. The molecule has 1 atom stereocenters. The molecule has 3 amide bonds. The van der Waals surface area contributed by atoms with Crippen molar-refractivity contribution in [3.8, 4) is 0 Å². The van der Waals surface area contributed by atoms with E-state index in [1.807, 2.05) is 17.6 Å². The van der Waals surface area contributed by atoms with Gasteiger partial charge in [0.2, 0.25) is 0 Å². The van der Waals surface area contributed by atoms with Crippen LogP contribution >= 0.6 is 0 Å². The minimum Gasteiger partial charge on any atom is -0.467 e. The Hall–Kier alpha value is -3.03. The molecule has 2 rings (SSSR count). The minimum atomic E-state index is -1.10. The maximum Gasteiger partial charge on any atom is 0.340 e. The third kappa shape index (κ3) is 4.28. The van der Waals surface area contributed by atoms with E-state index < -0.39 is 24.0 Å². The molecule has 0 aliphatic heterocycles. The predicted octanol–water partition coefficient (Wildman–Crippen LogP) is 1.75. The molecule has 0 saturated carbocycles. The summed E-state index contributed by atoms with van der Waals surface area (Å²) in [5, 5.41) is 4.32. The number of imide groups is 1. The first-order valence-electron chi connectivity index (χ1n) is 7.76. The molecule has 25 heavy (non-hydrogen) atoms. The highest BCUT2D eigenvalue weighted by Gasteiger charge is 2.23. The first-order valence-corrected chi connectivity index (χ1v) is 7.76. The number of nitrogens with zero attached hydrogens (tertiary/aromatic N) is 1. The minimum absolute atomic E-state index is 0.364. The number of hydrogen-bond donors (Lipinski definition) is 2. The number of carbonyl (C=O) groups is 3. The second-order valence-corrected chi connectivity index (χ2v) is 5.57. The van der Waals surface area contributed by atoms with Crippen LogP contribution in [0.1, 0.15) is 34.4 Å². The molecule has 134 valence electrons. The number of aromatic nitrogens is 1. The van der Waals surface area contributed by atoms with E-state index in [1.54, 1.807) is 25.3 Å². The van der Waals surface area contributed by atoms with Crippen molar-refractivity contribution in [3.05, 3.63) is 47.2 Å². The van der Waals surface area contributed by atoms with E-state index in [1.165, 1.54) is 14.0 Å². The Balaban J connectivity index is 2.09. The smallest absolute Gasteiger partial charge is 0.340 e. The second-order valence-electron chi connectivity index (χ2n) is 5.57. The summed E-state index contributed by atoms with van der Waals surface area (Å²) in [6.45, 7) is 5.55. The molecule has 2 heterocycles. The van der Waals surface area contributed by atoms with Crippen molar-refractivity contribution in [2.45, 2.75) is 33.4 Å². The lowest BCUT2D eigenvalue weighted by Gasteiger charge is -2.13. The molecule has 2 aromatic heterocycles. The lowest BCUT2D eigenvalue weighted by molar-refractivity contribution is -0.127. The van der Waals surface area contributed by atoms with E-state index in [0.29, 0.717) is 17.8 Å². The van der Waals surface area contributed by atoms with Crippen molar-refractivity contribution in [2.24, 2.45) is 0 Å². The number of nitrogens with one attached hydrogen (secondary N) is 2. The summed E-state index contributed by atoms with van der Waals surface area (Å²) in [6, 6.07) is 4.68. The Morgan fingerprint density at radius 3 is 2.64 bits per heavy atom. The van der Waals surface area contributed by atoms with Crippen molar-refractivity contribution in [3.63, 3.8) is 0 Å². The van der Waals surface area contributed by atoms with Crippen molar-refractivity contribution >= 4 is 17.9 Å². The molecule has 8 heteroatoms. The van der Waals surface area contributed by atoms with Crippen LogP contribution in [0, 0.1) is 13.8 Å². The molecule has 8 nitrogen and oxygen atoms in total. The summed E-state index contributed by atoms with van der Waals surface area (Å²) in [5.74, 6) is -0.560. The van der Waals surface area contributed by atoms with Gasteiger partial charge < -0.3 is 19.0 Å². The summed E-state index contributed by atoms with van der Waals surface area (Å²) < 4.78 is 12.4. The van der Waals surface area contributed by atoms with Gasteiger partial charge in [0.15, 0.2) is 6.10 Å². The summed E-state index contributed by atoms with van der Waals surface area (Å²) >= 11 is 0. The Kier molecular flexibility index (Phi) is 5.63. The number of furan rings is 1. The van der Waals surface area contributed by atoms with Gasteiger partial charge in [-0.2, -0.15) is 0 Å². The molecule has 0 unspecified atom stereocenters. The Morgan fingerprint density at radius 1 is 1.32 bits per heavy atom. The average molecular weight is 347 g/mol. The van der Waals surface area contributed by atoms with E-state index in [2.05, 4.69) is 10.6 Å². The third-order valence-corrected chi connectivity index (χ3v) is 3.80. The maximum atomic E-state index is 12.4. The monoisotopic (exact) mass is 347 g/mol. The van der Waals surface area contributed by atoms with E-state index in [4.69, 9.17) is 9.15 Å². The first-order chi connectivity index (χ1) is 11.8. The molecule has 0 radical (unpaired) electrons. The van der Waals surface area contributed by atoms with E-state index in [9.17, 15) is 14.4 Å². The van der Waals surface area contributed by atoms with Gasteiger partial charge in [0.05, 0.1) is 18.4 Å². The largest absolute Gasteiger partial charge is 0.467 e. The van der Waals surface area contributed by atoms with Gasteiger partial charge in [-0.1, -0.05) is 0 Å². The van der Waals surface area contributed by atoms with Gasteiger partial charge in [0.1, 0.15) is 5.76 Å². The van der Waals surface area contributed by atoms with Crippen LogP contribution in [-0.4, -0.2) is 35.6 Å². The van der Waals surface area contributed by atoms with Gasteiger partial charge in [0.25, 0.3) is 5.91 Å². The zero-order valence-electron chi connectivity index (χ0n) is 14.6. The van der Waals surface area contributed by atoms with Gasteiger partial charge >= 0.3 is 12.0 Å². The van der Waals surface area contributed by atoms with Gasteiger partial charge in [-0.15, -0.1) is 0 Å². The van der Waals surface area contributed by atoms with E-state index in [-0.39, 0.29) is 0 Å². The lowest BCUT2D eigenvalue weighted by Crippen LogP contribution is -2.43. The van der Waals surface area contributed by atoms with Gasteiger partial charge in [0, 0.05) is 18.4 Å². The molecule has 0 aliphatic rings. The molecular formula is C17H21N3O5. The van der Waals surface area contributed by atoms with Crippen LogP contribution in [0.2, 0.25) is 0 Å². The highest BCUT2D eigenvalue weighted by molar-refractivity contribution is 5.98. The standard InChI is InChI=1S/C17H21N3O5/c1-10-8-14(11(2)20(10)9-13-6-5-7-24-13)16(22)25-12(3)15(21)19-17(23)18-4/h5-8,12H,9H2,1-4H3,(H2,18,19,21,23)/t12-/m0/s1. The SMILES string of the molecule is CNC(=O)NC(=O)[C@H](C)OC(=O)c1cc(C)n(Cc2ccco2)c1C. The topological polar surface area (TPSA) is 103 Å². The van der Waals surface area contributed by atoms with Crippen LogP contribution < -0.4 is 10.6 Å². The first kappa shape index (κ1) is 18.3. The fourth-order valence-electron chi connectivity index (χ4n) is 2.36. The number of ether oxygens (including phenoxy) is 1. The normalized spacial score (nSPS) is 11.7. The summed E-state index contributed by atoms with van der Waals surface area (Å²) in [5.41, 5.74) is 1.93. The third-order valence-electron chi connectivity index (χ3n) is 3.80. The average Bonchev–Trinajstić information content (AvgIpc) is 3.18. The van der Waals surface area contributed by atoms with Crippen LogP contribution in [0.3, 0.4) is 0 Å². The predicted molar refractivity (Wildman–Crippen MR) is 89.2 cm³/mol. The number of aryl methyl sites for hydroxylation is 1. The van der Waals surface area contributed by atoms with Crippen LogP contribution in [0.4, 0.5) is 4.79 Å². The molecule has 0 aliphatic carbocycles. The van der Waals surface area contributed by atoms with Crippen LogP contribution in [0.5, 0.6) is 0 Å². The highest BCUT2D eigenvalue weighted by Crippen LogP contribution is 2.19. The number of rotatable bonds is 5. The van der Waals surface area contributed by atoms with E-state index >= 15 is 0 Å². The van der Waals surface area contributed by atoms with E-state index in [0.717, 1.165) is 11.5 Å². The fourth-order valence-corrected chi connectivity index (χ4v) is 2.36. The quantitative estimate of drug-likeness (QED) is 0.802. The molecule has 2 N–H and O–H groups in total. The number of urea groups is 1. The maximum absolute atomic E-state index is 12.4. The van der Waals surface area contributed by atoms with Crippen molar-refractivity contribution < 1.29 is 23.5 Å². The molecule has 0 fully saturated rings. The van der Waals surface area contributed by atoms with Crippen molar-refractivity contribution in [1.82, 2.24) is 15.2 Å². The molecule has 0 aromatic carbocycles. The molecule has 0 saturated heterocycles. The Morgan fingerprint density at radius 2 is 2.04 bits per heavy atom. The zero-order valence-corrected chi connectivity index (χ0v) is 14.6.